The molecule has 0 fully saturated rings. The Labute approximate surface area is 102 Å². The van der Waals surface area contributed by atoms with Gasteiger partial charge < -0.3 is 9.67 Å². The van der Waals surface area contributed by atoms with Gasteiger partial charge in [-0.25, -0.2) is 9.97 Å². The molecule has 3 aromatic rings. The zero-order valence-electron chi connectivity index (χ0n) is 9.32. The Kier molecular flexibility index (Phi) is 2.45. The summed E-state index contributed by atoms with van der Waals surface area (Å²) in [6.07, 6.45) is 7.29. The van der Waals surface area contributed by atoms with Gasteiger partial charge in [0, 0.05) is 43.6 Å². The minimum atomic E-state index is -0.611. The normalized spacial score (nSPS) is 13.3. The first-order valence-corrected chi connectivity index (χ1v) is 6.18. The predicted molar refractivity (Wildman–Crippen MR) is 64.9 cm³/mol. The maximum atomic E-state index is 10.1. The number of aliphatic hydroxyl groups is 1. The molecule has 0 aliphatic heterocycles. The number of nitrogens with zero attached hydrogens (tertiary/aromatic N) is 4. The second-order valence-corrected chi connectivity index (χ2v) is 4.81. The standard InChI is InChI=1S/C11H12N4OS/c1-14-3-2-12-10(14)9(16)6-8-7-15-4-5-17-11(15)13-8/h2-5,7,9,16H,6H2,1H3. The van der Waals surface area contributed by atoms with Gasteiger partial charge in [0.05, 0.1) is 5.69 Å². The summed E-state index contributed by atoms with van der Waals surface area (Å²) in [5.74, 6) is 0.668. The van der Waals surface area contributed by atoms with Crippen LogP contribution in [0.3, 0.4) is 0 Å². The summed E-state index contributed by atoms with van der Waals surface area (Å²) in [5.41, 5.74) is 0.882. The number of aryl methyl sites for hydroxylation is 1. The molecule has 6 heteroatoms. The van der Waals surface area contributed by atoms with Crippen molar-refractivity contribution in [3.63, 3.8) is 0 Å². The van der Waals surface area contributed by atoms with E-state index in [2.05, 4.69) is 9.97 Å². The molecule has 0 radical (unpaired) electrons. The van der Waals surface area contributed by atoms with Gasteiger partial charge in [-0.1, -0.05) is 0 Å². The van der Waals surface area contributed by atoms with Crippen molar-refractivity contribution in [2.45, 2.75) is 12.5 Å². The molecule has 0 bridgehead atoms. The zero-order valence-corrected chi connectivity index (χ0v) is 10.1. The summed E-state index contributed by atoms with van der Waals surface area (Å²) in [6, 6.07) is 0. The molecule has 1 atom stereocenters. The molecular weight excluding hydrogens is 236 g/mol. The fourth-order valence-electron chi connectivity index (χ4n) is 1.86. The highest BCUT2D eigenvalue weighted by molar-refractivity contribution is 7.15. The molecule has 3 heterocycles. The summed E-state index contributed by atoms with van der Waals surface area (Å²) in [6.45, 7) is 0. The van der Waals surface area contributed by atoms with Crippen molar-refractivity contribution < 1.29 is 5.11 Å². The minimum Gasteiger partial charge on any atom is -0.385 e. The van der Waals surface area contributed by atoms with Crippen LogP contribution in [0.5, 0.6) is 0 Å². The van der Waals surface area contributed by atoms with Gasteiger partial charge in [0.1, 0.15) is 11.9 Å². The number of imidazole rings is 2. The lowest BCUT2D eigenvalue weighted by Crippen LogP contribution is -2.08. The number of fused-ring (bicyclic) bond motifs is 1. The van der Waals surface area contributed by atoms with E-state index in [1.165, 1.54) is 0 Å². The van der Waals surface area contributed by atoms with Crippen molar-refractivity contribution in [2.24, 2.45) is 7.05 Å². The van der Waals surface area contributed by atoms with E-state index < -0.39 is 6.10 Å². The molecule has 0 saturated heterocycles. The summed E-state index contributed by atoms with van der Waals surface area (Å²) >= 11 is 1.59. The summed E-state index contributed by atoms with van der Waals surface area (Å²) in [7, 11) is 1.87. The van der Waals surface area contributed by atoms with Crippen LogP contribution in [0.25, 0.3) is 4.96 Å². The molecule has 0 aromatic carbocycles. The van der Waals surface area contributed by atoms with Crippen molar-refractivity contribution in [1.82, 2.24) is 18.9 Å². The highest BCUT2D eigenvalue weighted by Gasteiger charge is 2.15. The van der Waals surface area contributed by atoms with Crippen LogP contribution in [0.15, 0.2) is 30.2 Å². The van der Waals surface area contributed by atoms with Crippen LogP contribution in [-0.2, 0) is 13.5 Å². The third-order valence-corrected chi connectivity index (χ3v) is 3.47. The third-order valence-electron chi connectivity index (χ3n) is 2.70. The van der Waals surface area contributed by atoms with E-state index in [0.29, 0.717) is 12.2 Å². The van der Waals surface area contributed by atoms with E-state index in [9.17, 15) is 5.11 Å². The zero-order chi connectivity index (χ0) is 11.8. The Balaban J connectivity index is 1.83. The number of hydrogen-bond donors (Lipinski definition) is 1. The molecule has 17 heavy (non-hydrogen) atoms. The van der Waals surface area contributed by atoms with Crippen LogP contribution in [0.2, 0.25) is 0 Å². The van der Waals surface area contributed by atoms with Crippen LogP contribution in [0.1, 0.15) is 17.6 Å². The lowest BCUT2D eigenvalue weighted by molar-refractivity contribution is 0.164. The second kappa shape index (κ2) is 3.97. The lowest BCUT2D eigenvalue weighted by Gasteiger charge is -2.08. The molecule has 0 aliphatic rings. The Hall–Kier alpha value is -1.66. The van der Waals surface area contributed by atoms with E-state index in [-0.39, 0.29) is 0 Å². The molecule has 0 aliphatic carbocycles. The van der Waals surface area contributed by atoms with Crippen LogP contribution in [0, 0.1) is 0 Å². The van der Waals surface area contributed by atoms with Crippen molar-refractivity contribution in [3.8, 4) is 0 Å². The number of rotatable bonds is 3. The van der Waals surface area contributed by atoms with Gasteiger partial charge in [0.15, 0.2) is 4.96 Å². The van der Waals surface area contributed by atoms with Crippen molar-refractivity contribution in [3.05, 3.63) is 41.7 Å². The highest BCUT2D eigenvalue weighted by atomic mass is 32.1. The van der Waals surface area contributed by atoms with Crippen molar-refractivity contribution in [2.75, 3.05) is 0 Å². The first kappa shape index (κ1) is 10.5. The van der Waals surface area contributed by atoms with E-state index in [4.69, 9.17) is 0 Å². The molecule has 3 aromatic heterocycles. The first-order valence-electron chi connectivity index (χ1n) is 5.30. The van der Waals surface area contributed by atoms with Crippen LogP contribution < -0.4 is 0 Å². The van der Waals surface area contributed by atoms with Gasteiger partial charge in [-0.05, 0) is 0 Å². The van der Waals surface area contributed by atoms with Gasteiger partial charge in [-0.15, -0.1) is 11.3 Å². The van der Waals surface area contributed by atoms with E-state index in [1.54, 1.807) is 17.5 Å². The number of aliphatic hydroxyl groups excluding tert-OH is 1. The average molecular weight is 248 g/mol. The number of aromatic nitrogens is 4. The summed E-state index contributed by atoms with van der Waals surface area (Å²) in [5, 5.41) is 12.1. The predicted octanol–water partition coefficient (Wildman–Crippen LogP) is 1.41. The van der Waals surface area contributed by atoms with Crippen LogP contribution >= 0.6 is 11.3 Å². The molecule has 0 amide bonds. The first-order chi connectivity index (χ1) is 8.24. The molecule has 1 N–H and O–H groups in total. The molecule has 1 unspecified atom stereocenters. The molecular formula is C11H12N4OS. The maximum Gasteiger partial charge on any atom is 0.193 e. The Morgan fingerprint density at radius 3 is 3.06 bits per heavy atom. The minimum absolute atomic E-state index is 0.485. The topological polar surface area (TPSA) is 55.3 Å². The Bertz CT molecular complexity index is 610. The average Bonchev–Trinajstić information content (AvgIpc) is 2.92. The van der Waals surface area contributed by atoms with Crippen LogP contribution in [0.4, 0.5) is 0 Å². The van der Waals surface area contributed by atoms with Gasteiger partial charge in [-0.3, -0.25) is 4.40 Å². The van der Waals surface area contributed by atoms with Crippen molar-refractivity contribution in [1.29, 1.82) is 0 Å². The summed E-state index contributed by atoms with van der Waals surface area (Å²) in [4.78, 5) is 9.52. The molecule has 0 spiro atoms. The highest BCUT2D eigenvalue weighted by Crippen LogP contribution is 2.18. The Morgan fingerprint density at radius 1 is 1.47 bits per heavy atom. The van der Waals surface area contributed by atoms with E-state index >= 15 is 0 Å². The molecule has 5 nitrogen and oxygen atoms in total. The van der Waals surface area contributed by atoms with Crippen molar-refractivity contribution >= 4 is 16.3 Å². The second-order valence-electron chi connectivity index (χ2n) is 3.94. The fraction of sp³-hybridized carbons (Fsp3) is 0.273. The third kappa shape index (κ3) is 1.85. The number of thiazole rings is 1. The van der Waals surface area contributed by atoms with Gasteiger partial charge >= 0.3 is 0 Å². The monoisotopic (exact) mass is 248 g/mol. The van der Waals surface area contributed by atoms with E-state index in [1.807, 2.05) is 40.0 Å². The lowest BCUT2D eigenvalue weighted by atomic mass is 10.2. The van der Waals surface area contributed by atoms with Crippen LogP contribution in [-0.4, -0.2) is 24.0 Å². The number of hydrogen-bond acceptors (Lipinski definition) is 4. The SMILES string of the molecule is Cn1ccnc1C(O)Cc1cn2ccsc2n1. The van der Waals surface area contributed by atoms with E-state index in [0.717, 1.165) is 10.7 Å². The Morgan fingerprint density at radius 2 is 2.35 bits per heavy atom. The quantitative estimate of drug-likeness (QED) is 0.762. The smallest absolute Gasteiger partial charge is 0.193 e. The summed E-state index contributed by atoms with van der Waals surface area (Å²) < 4.78 is 3.79. The molecule has 0 saturated carbocycles. The molecule has 3 rings (SSSR count). The maximum absolute atomic E-state index is 10.1. The van der Waals surface area contributed by atoms with Gasteiger partial charge in [0.2, 0.25) is 0 Å². The van der Waals surface area contributed by atoms with Gasteiger partial charge in [0.25, 0.3) is 0 Å². The fourth-order valence-corrected chi connectivity index (χ4v) is 2.58. The molecule has 88 valence electrons. The van der Waals surface area contributed by atoms with Gasteiger partial charge in [-0.2, -0.15) is 0 Å². The largest absolute Gasteiger partial charge is 0.385 e.